The second-order valence-corrected chi connectivity index (χ2v) is 9.63. The van der Waals surface area contributed by atoms with E-state index in [1.807, 2.05) is 19.1 Å². The Balaban J connectivity index is 1.90. The van der Waals surface area contributed by atoms with Crippen LogP contribution in [0.2, 0.25) is 0 Å². The Kier molecular flexibility index (Phi) is 8.76. The molecule has 0 aliphatic heterocycles. The van der Waals surface area contributed by atoms with Crippen LogP contribution >= 0.6 is 0 Å². The molecular formula is C26H29FN2O6S. The summed E-state index contributed by atoms with van der Waals surface area (Å²) in [6.45, 7) is 3.54. The zero-order valence-corrected chi connectivity index (χ0v) is 21.3. The van der Waals surface area contributed by atoms with Gasteiger partial charge >= 0.3 is 0 Å². The molecule has 1 unspecified atom stereocenters. The van der Waals surface area contributed by atoms with Gasteiger partial charge in [0.25, 0.3) is 10.0 Å². The van der Waals surface area contributed by atoms with Gasteiger partial charge in [-0.05, 0) is 55.8 Å². The lowest BCUT2D eigenvalue weighted by molar-refractivity contribution is -0.120. The first-order valence-corrected chi connectivity index (χ1v) is 12.7. The van der Waals surface area contributed by atoms with Crippen LogP contribution in [0.25, 0.3) is 0 Å². The lowest BCUT2D eigenvalue weighted by Gasteiger charge is -2.25. The van der Waals surface area contributed by atoms with E-state index < -0.39 is 34.3 Å². The zero-order chi connectivity index (χ0) is 26.3. The van der Waals surface area contributed by atoms with E-state index in [1.165, 1.54) is 50.6 Å². The number of halogens is 1. The maximum atomic E-state index is 14.7. The number of sulfonamides is 1. The molecule has 8 nitrogen and oxygen atoms in total. The highest BCUT2D eigenvalue weighted by Gasteiger charge is 2.30. The molecule has 0 aliphatic rings. The molecule has 0 saturated heterocycles. The molecule has 1 atom stereocenters. The van der Waals surface area contributed by atoms with E-state index in [4.69, 9.17) is 14.2 Å². The van der Waals surface area contributed by atoms with Crippen LogP contribution in [0.3, 0.4) is 0 Å². The molecule has 3 aromatic rings. The average Bonchev–Trinajstić information content (AvgIpc) is 2.87. The number of anilines is 1. The van der Waals surface area contributed by atoms with Crippen LogP contribution in [0.4, 0.5) is 10.1 Å². The Bertz CT molecular complexity index is 1300. The van der Waals surface area contributed by atoms with Gasteiger partial charge in [-0.25, -0.2) is 12.8 Å². The molecule has 3 rings (SSSR count). The standard InChI is InChI=1S/C26H29FN2O6S/c1-5-35-20-12-10-19(11-13-20)18(2)28-26(30)17-29(23-9-7-6-8-22(23)27)36(31,32)21-14-15-24(33-3)25(16-21)34-4/h6-16,18H,5,17H2,1-4H3,(H,28,30). The van der Waals surface area contributed by atoms with Crippen LogP contribution in [0.1, 0.15) is 25.5 Å². The third-order valence-electron chi connectivity index (χ3n) is 5.42. The van der Waals surface area contributed by atoms with E-state index in [2.05, 4.69) is 5.32 Å². The topological polar surface area (TPSA) is 94.2 Å². The summed E-state index contributed by atoms with van der Waals surface area (Å²) in [5.74, 6) is -0.180. The predicted octanol–water partition coefficient (Wildman–Crippen LogP) is 4.31. The van der Waals surface area contributed by atoms with Crippen LogP contribution < -0.4 is 23.8 Å². The molecule has 0 bridgehead atoms. The molecule has 36 heavy (non-hydrogen) atoms. The zero-order valence-electron chi connectivity index (χ0n) is 20.5. The van der Waals surface area contributed by atoms with E-state index in [0.717, 1.165) is 15.9 Å². The van der Waals surface area contributed by atoms with Crippen molar-refractivity contribution >= 4 is 21.6 Å². The summed E-state index contributed by atoms with van der Waals surface area (Å²) in [5, 5.41) is 2.78. The van der Waals surface area contributed by atoms with Crippen molar-refractivity contribution in [3.05, 3.63) is 78.1 Å². The van der Waals surface area contributed by atoms with E-state index in [1.54, 1.807) is 19.1 Å². The van der Waals surface area contributed by atoms with Crippen molar-refractivity contribution in [3.63, 3.8) is 0 Å². The summed E-state index contributed by atoms with van der Waals surface area (Å²) < 4.78 is 58.5. The first kappa shape index (κ1) is 26.8. The lowest BCUT2D eigenvalue weighted by atomic mass is 10.1. The Labute approximate surface area is 210 Å². The lowest BCUT2D eigenvalue weighted by Crippen LogP contribution is -2.42. The summed E-state index contributed by atoms with van der Waals surface area (Å²) >= 11 is 0. The van der Waals surface area contributed by atoms with Gasteiger partial charge in [0.1, 0.15) is 18.1 Å². The van der Waals surface area contributed by atoms with Crippen molar-refractivity contribution in [2.45, 2.75) is 24.8 Å². The number of methoxy groups -OCH3 is 2. The van der Waals surface area contributed by atoms with E-state index in [-0.39, 0.29) is 16.3 Å². The number of para-hydroxylation sites is 1. The quantitative estimate of drug-likeness (QED) is 0.408. The van der Waals surface area contributed by atoms with Crippen LogP contribution in [0.15, 0.2) is 71.6 Å². The molecule has 1 N–H and O–H groups in total. The number of carbonyl (C=O) groups excluding carboxylic acids is 1. The number of benzene rings is 3. The number of nitrogens with one attached hydrogen (secondary N) is 1. The van der Waals surface area contributed by atoms with Crippen molar-refractivity contribution in [2.24, 2.45) is 0 Å². The van der Waals surface area contributed by atoms with E-state index >= 15 is 0 Å². The summed E-state index contributed by atoms with van der Waals surface area (Å²) in [4.78, 5) is 12.8. The SMILES string of the molecule is CCOc1ccc(C(C)NC(=O)CN(c2ccccc2F)S(=O)(=O)c2ccc(OC)c(OC)c2)cc1. The number of amides is 1. The fourth-order valence-corrected chi connectivity index (χ4v) is 5.02. The first-order chi connectivity index (χ1) is 17.2. The number of ether oxygens (including phenoxy) is 3. The molecule has 10 heteroatoms. The number of hydrogen-bond acceptors (Lipinski definition) is 6. The second-order valence-electron chi connectivity index (χ2n) is 7.77. The van der Waals surface area contributed by atoms with Gasteiger partial charge in [-0.2, -0.15) is 0 Å². The Morgan fingerprint density at radius 3 is 2.28 bits per heavy atom. The first-order valence-electron chi connectivity index (χ1n) is 11.2. The van der Waals surface area contributed by atoms with Gasteiger partial charge in [0.15, 0.2) is 11.5 Å². The molecule has 0 saturated carbocycles. The summed E-state index contributed by atoms with van der Waals surface area (Å²) in [6.07, 6.45) is 0. The molecule has 3 aromatic carbocycles. The smallest absolute Gasteiger partial charge is 0.265 e. The molecule has 0 heterocycles. The Morgan fingerprint density at radius 1 is 1.00 bits per heavy atom. The van der Waals surface area contributed by atoms with Gasteiger partial charge < -0.3 is 19.5 Å². The van der Waals surface area contributed by atoms with Gasteiger partial charge in [0, 0.05) is 6.07 Å². The largest absolute Gasteiger partial charge is 0.494 e. The van der Waals surface area contributed by atoms with Gasteiger partial charge in [-0.3, -0.25) is 9.10 Å². The maximum Gasteiger partial charge on any atom is 0.265 e. The number of carbonyl (C=O) groups is 1. The van der Waals surface area contributed by atoms with Crippen LogP contribution in [-0.2, 0) is 14.8 Å². The summed E-state index contributed by atoms with van der Waals surface area (Å²) in [5.41, 5.74) is 0.545. The maximum absolute atomic E-state index is 14.7. The van der Waals surface area contributed by atoms with Gasteiger partial charge in [0.05, 0.1) is 37.5 Å². The highest BCUT2D eigenvalue weighted by molar-refractivity contribution is 7.92. The predicted molar refractivity (Wildman–Crippen MR) is 135 cm³/mol. The Hall–Kier alpha value is -3.79. The minimum atomic E-state index is -4.36. The van der Waals surface area contributed by atoms with Crippen molar-refractivity contribution in [1.82, 2.24) is 5.32 Å². The molecule has 0 fully saturated rings. The van der Waals surface area contributed by atoms with E-state index in [0.29, 0.717) is 18.1 Å². The minimum absolute atomic E-state index is 0.181. The number of rotatable bonds is 11. The third-order valence-corrected chi connectivity index (χ3v) is 7.18. The summed E-state index contributed by atoms with van der Waals surface area (Å²) in [7, 11) is -1.56. The van der Waals surface area contributed by atoms with Crippen molar-refractivity contribution in [3.8, 4) is 17.2 Å². The minimum Gasteiger partial charge on any atom is -0.494 e. The molecule has 0 radical (unpaired) electrons. The van der Waals surface area contributed by atoms with Gasteiger partial charge in [-0.1, -0.05) is 24.3 Å². The molecule has 1 amide bonds. The molecule has 0 aliphatic carbocycles. The van der Waals surface area contributed by atoms with Gasteiger partial charge in [-0.15, -0.1) is 0 Å². The van der Waals surface area contributed by atoms with E-state index in [9.17, 15) is 17.6 Å². The molecule has 192 valence electrons. The number of nitrogens with zero attached hydrogens (tertiary/aromatic N) is 1. The highest BCUT2D eigenvalue weighted by atomic mass is 32.2. The second kappa shape index (κ2) is 11.8. The van der Waals surface area contributed by atoms with Crippen molar-refractivity contribution < 1.29 is 31.8 Å². The van der Waals surface area contributed by atoms with Gasteiger partial charge in [0.2, 0.25) is 5.91 Å². The van der Waals surface area contributed by atoms with Crippen molar-refractivity contribution in [1.29, 1.82) is 0 Å². The molecule has 0 spiro atoms. The monoisotopic (exact) mass is 516 g/mol. The fraction of sp³-hybridized carbons (Fsp3) is 0.269. The third kappa shape index (κ3) is 6.06. The van der Waals surface area contributed by atoms with Crippen molar-refractivity contribution in [2.75, 3.05) is 31.7 Å². The van der Waals surface area contributed by atoms with Crippen LogP contribution in [0.5, 0.6) is 17.2 Å². The highest BCUT2D eigenvalue weighted by Crippen LogP contribution is 2.33. The normalized spacial score (nSPS) is 11.9. The average molecular weight is 517 g/mol. The molecular weight excluding hydrogens is 487 g/mol. The summed E-state index contributed by atoms with van der Waals surface area (Å²) in [6, 6.07) is 16.1. The number of hydrogen-bond donors (Lipinski definition) is 1. The van der Waals surface area contributed by atoms with Crippen LogP contribution in [-0.4, -0.2) is 41.7 Å². The molecule has 0 aromatic heterocycles. The van der Waals surface area contributed by atoms with Crippen LogP contribution in [0, 0.1) is 5.82 Å². The Morgan fingerprint density at radius 2 is 1.67 bits per heavy atom. The fourth-order valence-electron chi connectivity index (χ4n) is 3.58.